The van der Waals surface area contributed by atoms with Crippen molar-refractivity contribution >= 4 is 11.8 Å². The summed E-state index contributed by atoms with van der Waals surface area (Å²) in [7, 11) is 0. The van der Waals surface area contributed by atoms with Gasteiger partial charge in [-0.2, -0.15) is 13.2 Å². The summed E-state index contributed by atoms with van der Waals surface area (Å²) in [6, 6.07) is 4.02. The largest absolute Gasteiger partial charge is 0.416 e. The number of nitrogens with two attached hydrogens (primary N) is 1. The lowest BCUT2D eigenvalue weighted by Gasteiger charge is -2.28. The van der Waals surface area contributed by atoms with Crippen LogP contribution in [0.25, 0.3) is 0 Å². The third-order valence-corrected chi connectivity index (χ3v) is 3.83. The number of carbonyl (C=O) groups excluding carboxylic acids is 2. The summed E-state index contributed by atoms with van der Waals surface area (Å²) in [5.41, 5.74) is 5.59. The first-order valence-electron chi connectivity index (χ1n) is 7.29. The van der Waals surface area contributed by atoms with Crippen LogP contribution in [0.1, 0.15) is 37.8 Å². The number of nitrogens with zero attached hydrogens (tertiary/aromatic N) is 3. The molecule has 129 valence electrons. The van der Waals surface area contributed by atoms with Gasteiger partial charge in [0.25, 0.3) is 11.8 Å². The molecule has 1 aromatic heterocycles. The van der Waals surface area contributed by atoms with Gasteiger partial charge in [0, 0.05) is 17.7 Å². The van der Waals surface area contributed by atoms with Crippen molar-refractivity contribution in [3.63, 3.8) is 0 Å². The zero-order chi connectivity index (χ0) is 18.2. The third kappa shape index (κ3) is 3.44. The minimum Gasteiger partial charge on any atom is -0.363 e. The molecular weight excluding hydrogens is 337 g/mol. The van der Waals surface area contributed by atoms with Gasteiger partial charge in [-0.1, -0.05) is 0 Å². The van der Waals surface area contributed by atoms with Gasteiger partial charge in [-0.05, 0) is 30.7 Å². The lowest BCUT2D eigenvalue weighted by Crippen LogP contribution is -2.37. The molecule has 1 aromatic carbocycles. The minimum absolute atomic E-state index is 0.106. The molecule has 0 unspecified atom stereocenters. The third-order valence-electron chi connectivity index (χ3n) is 3.83. The fourth-order valence-corrected chi connectivity index (χ4v) is 2.51. The highest BCUT2D eigenvalue weighted by atomic mass is 19.4. The molecular formula is C16H12F3N4O2. The number of carbonyl (C=O) groups is 2. The van der Waals surface area contributed by atoms with Gasteiger partial charge < -0.3 is 10.6 Å². The lowest BCUT2D eigenvalue weighted by molar-refractivity contribution is -0.137. The summed E-state index contributed by atoms with van der Waals surface area (Å²) in [6.07, 6.45) is -1.34. The normalized spacial score (nSPS) is 14.1. The predicted octanol–water partition coefficient (Wildman–Crippen LogP) is 1.59. The molecule has 3 rings (SSSR count). The fraction of sp³-hybridized carbons (Fsp3) is 0.250. The molecule has 0 saturated carbocycles. The molecule has 0 spiro atoms. The van der Waals surface area contributed by atoms with Gasteiger partial charge in [0.1, 0.15) is 0 Å². The van der Waals surface area contributed by atoms with Crippen LogP contribution in [0.5, 0.6) is 0 Å². The second-order valence-electron chi connectivity index (χ2n) is 5.50. The van der Waals surface area contributed by atoms with Gasteiger partial charge in [-0.15, -0.1) is 0 Å². The van der Waals surface area contributed by atoms with Gasteiger partial charge in [0.2, 0.25) is 5.82 Å². The van der Waals surface area contributed by atoms with E-state index in [2.05, 4.69) is 16.2 Å². The van der Waals surface area contributed by atoms with Crippen molar-refractivity contribution < 1.29 is 22.8 Å². The van der Waals surface area contributed by atoms with Crippen molar-refractivity contribution in [1.82, 2.24) is 14.9 Å². The van der Waals surface area contributed by atoms with Crippen LogP contribution in [0.4, 0.5) is 13.2 Å². The Morgan fingerprint density at radius 3 is 2.48 bits per heavy atom. The van der Waals surface area contributed by atoms with Crippen LogP contribution in [0.15, 0.2) is 24.3 Å². The number of fused-ring (bicyclic) bond motifs is 1. The number of hydrogen-bond donors (Lipinski definition) is 1. The van der Waals surface area contributed by atoms with Crippen LogP contribution >= 0.6 is 0 Å². The summed E-state index contributed by atoms with van der Waals surface area (Å²) in [5, 5.41) is 0. The van der Waals surface area contributed by atoms with Gasteiger partial charge in [-0.25, -0.2) is 9.97 Å². The van der Waals surface area contributed by atoms with E-state index in [0.29, 0.717) is 24.2 Å². The number of aromatic nitrogens is 2. The zero-order valence-corrected chi connectivity index (χ0v) is 12.8. The molecule has 2 N–H and O–H groups in total. The molecule has 2 amide bonds. The molecule has 0 fully saturated rings. The molecule has 25 heavy (non-hydrogen) atoms. The summed E-state index contributed by atoms with van der Waals surface area (Å²) in [5.74, 6) is -1.41. The fourth-order valence-electron chi connectivity index (χ4n) is 2.51. The number of primary amides is 1. The first-order chi connectivity index (χ1) is 11.8. The van der Waals surface area contributed by atoms with Gasteiger partial charge in [0.15, 0.2) is 0 Å². The van der Waals surface area contributed by atoms with Crippen LogP contribution in [-0.2, 0) is 19.1 Å². The maximum absolute atomic E-state index is 12.6. The number of benzene rings is 1. The second-order valence-corrected chi connectivity index (χ2v) is 5.50. The number of hydrogen-bond acceptors (Lipinski definition) is 4. The van der Waals surface area contributed by atoms with E-state index in [-0.39, 0.29) is 17.9 Å². The van der Waals surface area contributed by atoms with E-state index >= 15 is 0 Å². The van der Waals surface area contributed by atoms with E-state index in [1.54, 1.807) is 0 Å². The Bertz CT molecular complexity index is 834. The highest BCUT2D eigenvalue weighted by Crippen LogP contribution is 2.29. The van der Waals surface area contributed by atoms with Crippen LogP contribution in [0.3, 0.4) is 0 Å². The van der Waals surface area contributed by atoms with Crippen molar-refractivity contribution in [3.05, 3.63) is 58.7 Å². The average Bonchev–Trinajstić information content (AvgIpc) is 2.59. The molecule has 6 nitrogen and oxygen atoms in total. The van der Waals surface area contributed by atoms with Crippen molar-refractivity contribution in [1.29, 1.82) is 0 Å². The average molecular weight is 349 g/mol. The first-order valence-corrected chi connectivity index (χ1v) is 7.29. The Labute approximate surface area is 140 Å². The van der Waals surface area contributed by atoms with E-state index < -0.39 is 23.6 Å². The first kappa shape index (κ1) is 16.9. The number of halogens is 3. The molecule has 9 heteroatoms. The Morgan fingerprint density at radius 1 is 1.20 bits per heavy atom. The van der Waals surface area contributed by atoms with Crippen molar-refractivity contribution in [2.75, 3.05) is 6.54 Å². The van der Waals surface area contributed by atoms with Crippen molar-refractivity contribution in [3.8, 4) is 0 Å². The van der Waals surface area contributed by atoms with Gasteiger partial charge in [-0.3, -0.25) is 9.59 Å². The Kier molecular flexibility index (Phi) is 4.15. The summed E-state index contributed by atoms with van der Waals surface area (Å²) >= 11 is 0. The van der Waals surface area contributed by atoms with Crippen LogP contribution in [0, 0.1) is 6.20 Å². The molecule has 0 atom stereocenters. The van der Waals surface area contributed by atoms with Gasteiger partial charge >= 0.3 is 6.18 Å². The Balaban J connectivity index is 1.80. The molecule has 2 aromatic rings. The standard InChI is InChI=1S/C16H12F3N4O2/c17-16(18,19)11-3-1-9(2-4-11)15(25)23-6-5-10-7-21-14(13(20)24)22-12(10)8-23/h1-4H,5-6,8H2,(H2,20,24). The van der Waals surface area contributed by atoms with E-state index in [0.717, 1.165) is 24.3 Å². The van der Waals surface area contributed by atoms with Crippen molar-refractivity contribution in [2.24, 2.45) is 5.73 Å². The highest BCUT2D eigenvalue weighted by Gasteiger charge is 2.31. The highest BCUT2D eigenvalue weighted by molar-refractivity contribution is 5.94. The molecule has 1 aliphatic rings. The summed E-state index contributed by atoms with van der Waals surface area (Å²) < 4.78 is 37.8. The van der Waals surface area contributed by atoms with Crippen LogP contribution < -0.4 is 5.73 Å². The molecule has 2 heterocycles. The molecule has 1 radical (unpaired) electrons. The van der Waals surface area contributed by atoms with E-state index in [1.165, 1.54) is 4.90 Å². The Morgan fingerprint density at radius 2 is 1.88 bits per heavy atom. The molecule has 0 bridgehead atoms. The second kappa shape index (κ2) is 6.15. The maximum atomic E-state index is 12.6. The summed E-state index contributed by atoms with van der Waals surface area (Å²) in [6.45, 7) is 0.455. The summed E-state index contributed by atoms with van der Waals surface area (Å²) in [4.78, 5) is 32.8. The molecule has 0 aliphatic carbocycles. The van der Waals surface area contributed by atoms with Crippen LogP contribution in [-0.4, -0.2) is 33.2 Å². The quantitative estimate of drug-likeness (QED) is 0.892. The monoisotopic (exact) mass is 349 g/mol. The lowest BCUT2D eigenvalue weighted by atomic mass is 10.0. The predicted molar refractivity (Wildman–Crippen MR) is 79.3 cm³/mol. The SMILES string of the molecule is NC(=O)c1n[c]c2c(n1)CN(C(=O)c1ccc(C(F)(F)F)cc1)CC2. The van der Waals surface area contributed by atoms with Crippen LogP contribution in [0.2, 0.25) is 0 Å². The molecule has 1 aliphatic heterocycles. The van der Waals surface area contributed by atoms with E-state index in [1.807, 2.05) is 0 Å². The van der Waals surface area contributed by atoms with Gasteiger partial charge in [0.05, 0.1) is 24.0 Å². The molecule has 0 saturated heterocycles. The topological polar surface area (TPSA) is 89.2 Å². The maximum Gasteiger partial charge on any atom is 0.416 e. The zero-order valence-electron chi connectivity index (χ0n) is 12.8. The van der Waals surface area contributed by atoms with E-state index in [4.69, 9.17) is 5.73 Å². The number of amides is 2. The Hall–Kier alpha value is -2.97. The minimum atomic E-state index is -4.45. The number of rotatable bonds is 2. The number of alkyl halides is 3. The smallest absolute Gasteiger partial charge is 0.363 e. The van der Waals surface area contributed by atoms with Crippen molar-refractivity contribution in [2.45, 2.75) is 19.1 Å². The van der Waals surface area contributed by atoms with E-state index in [9.17, 15) is 22.8 Å².